The first kappa shape index (κ1) is 20.4. The molecule has 1 atom stereocenters. The molecule has 2 aromatic carbocycles. The van der Waals surface area contributed by atoms with Crippen molar-refractivity contribution in [3.05, 3.63) is 70.3 Å². The summed E-state index contributed by atoms with van der Waals surface area (Å²) in [5.41, 5.74) is 2.76. The van der Waals surface area contributed by atoms with Gasteiger partial charge in [0.2, 0.25) is 0 Å². The summed E-state index contributed by atoms with van der Waals surface area (Å²) < 4.78 is 5.11. The van der Waals surface area contributed by atoms with Gasteiger partial charge in [-0.2, -0.15) is 0 Å². The molecular formula is C22H25NO4. The maximum Gasteiger partial charge on any atom is 0.339 e. The summed E-state index contributed by atoms with van der Waals surface area (Å²) in [6, 6.07) is 12.1. The Hall–Kier alpha value is -2.95. The Morgan fingerprint density at radius 1 is 1.00 bits per heavy atom. The number of esters is 1. The van der Waals surface area contributed by atoms with Crippen molar-refractivity contribution in [3.63, 3.8) is 0 Å². The van der Waals surface area contributed by atoms with Crippen molar-refractivity contribution in [2.24, 2.45) is 0 Å². The number of hydrogen-bond acceptors (Lipinski definition) is 4. The van der Waals surface area contributed by atoms with Crippen molar-refractivity contribution >= 4 is 17.7 Å². The van der Waals surface area contributed by atoms with Crippen molar-refractivity contribution < 1.29 is 19.1 Å². The van der Waals surface area contributed by atoms with Crippen LogP contribution in [0.1, 0.15) is 57.7 Å². The lowest BCUT2D eigenvalue weighted by molar-refractivity contribution is -0.124. The first-order chi connectivity index (χ1) is 12.8. The minimum Gasteiger partial charge on any atom is -0.452 e. The van der Waals surface area contributed by atoms with E-state index in [4.69, 9.17) is 4.74 Å². The highest BCUT2D eigenvalue weighted by atomic mass is 16.5. The Morgan fingerprint density at radius 3 is 2.33 bits per heavy atom. The normalized spacial score (nSPS) is 11.6. The van der Waals surface area contributed by atoms with E-state index in [0.717, 1.165) is 17.5 Å². The zero-order valence-corrected chi connectivity index (χ0v) is 16.2. The fraction of sp³-hybridized carbons (Fsp3) is 0.318. The van der Waals surface area contributed by atoms with E-state index in [1.807, 2.05) is 39.8 Å². The van der Waals surface area contributed by atoms with Gasteiger partial charge >= 0.3 is 5.97 Å². The molecule has 0 heterocycles. The Morgan fingerprint density at radius 2 is 1.67 bits per heavy atom. The molecule has 0 aromatic heterocycles. The molecule has 0 radical (unpaired) electrons. The van der Waals surface area contributed by atoms with E-state index in [-0.39, 0.29) is 35.5 Å². The van der Waals surface area contributed by atoms with E-state index < -0.39 is 5.97 Å². The maximum absolute atomic E-state index is 13.0. The van der Waals surface area contributed by atoms with Gasteiger partial charge in [0.15, 0.2) is 12.4 Å². The molecule has 2 rings (SSSR count). The van der Waals surface area contributed by atoms with Gasteiger partial charge in [0.1, 0.15) is 0 Å². The predicted molar refractivity (Wildman–Crippen MR) is 104 cm³/mol. The third kappa shape index (κ3) is 5.26. The summed E-state index contributed by atoms with van der Waals surface area (Å²) in [4.78, 5) is 37.3. The van der Waals surface area contributed by atoms with Crippen LogP contribution in [0.15, 0.2) is 42.5 Å². The average Bonchev–Trinajstić information content (AvgIpc) is 2.67. The van der Waals surface area contributed by atoms with Gasteiger partial charge in [-0.05, 0) is 44.9 Å². The second-order valence-corrected chi connectivity index (χ2v) is 6.65. The zero-order valence-electron chi connectivity index (χ0n) is 16.2. The summed E-state index contributed by atoms with van der Waals surface area (Å²) in [5.74, 6) is -1.30. The molecule has 27 heavy (non-hydrogen) atoms. The second kappa shape index (κ2) is 9.12. The lowest BCUT2D eigenvalue weighted by Crippen LogP contribution is -2.35. The van der Waals surface area contributed by atoms with Gasteiger partial charge in [0.05, 0.1) is 5.56 Å². The van der Waals surface area contributed by atoms with Gasteiger partial charge in [0, 0.05) is 17.2 Å². The second-order valence-electron chi connectivity index (χ2n) is 6.65. The zero-order chi connectivity index (χ0) is 20.0. The molecule has 0 saturated heterocycles. The van der Waals surface area contributed by atoms with Crippen LogP contribution in [0.4, 0.5) is 0 Å². The van der Waals surface area contributed by atoms with Crippen LogP contribution in [0.25, 0.3) is 0 Å². The first-order valence-electron chi connectivity index (χ1n) is 9.01. The van der Waals surface area contributed by atoms with Gasteiger partial charge in [-0.1, -0.05) is 42.8 Å². The number of rotatable bonds is 7. The lowest BCUT2D eigenvalue weighted by atomic mass is 9.94. The van der Waals surface area contributed by atoms with E-state index in [2.05, 4.69) is 5.32 Å². The number of carbonyl (C=O) groups excluding carboxylic acids is 3. The smallest absolute Gasteiger partial charge is 0.339 e. The van der Waals surface area contributed by atoms with Gasteiger partial charge in [-0.3, -0.25) is 9.59 Å². The first-order valence-corrected chi connectivity index (χ1v) is 9.01. The molecule has 0 spiro atoms. The molecule has 0 unspecified atom stereocenters. The molecule has 0 bridgehead atoms. The van der Waals surface area contributed by atoms with Crippen LogP contribution in [-0.4, -0.2) is 30.3 Å². The fourth-order valence-corrected chi connectivity index (χ4v) is 2.61. The molecule has 0 aliphatic rings. The Kier molecular flexibility index (Phi) is 6.88. The van der Waals surface area contributed by atoms with Crippen LogP contribution in [-0.2, 0) is 9.53 Å². The number of nitrogens with one attached hydrogen (secondary N) is 1. The molecule has 142 valence electrons. The summed E-state index contributed by atoms with van der Waals surface area (Å²) in [6.07, 6.45) is 0.785. The standard InChI is InChI=1S/C22H25NO4/c1-5-16(4)23-20(24)13-27-22(26)18-9-7-6-8-17(18)21(25)19-12-14(2)10-11-15(19)3/h6-12,16H,5,13H2,1-4H3,(H,23,24)/t16-/m0/s1. The number of aryl methyl sites for hydroxylation is 2. The van der Waals surface area contributed by atoms with Gasteiger partial charge in [-0.25, -0.2) is 4.79 Å². The lowest BCUT2D eigenvalue weighted by Gasteiger charge is -2.13. The topological polar surface area (TPSA) is 72.5 Å². The highest BCUT2D eigenvalue weighted by Crippen LogP contribution is 2.19. The summed E-state index contributed by atoms with van der Waals surface area (Å²) in [5, 5.41) is 2.73. The molecule has 1 amide bonds. The van der Waals surface area contributed by atoms with Gasteiger partial charge < -0.3 is 10.1 Å². The van der Waals surface area contributed by atoms with Crippen molar-refractivity contribution in [2.75, 3.05) is 6.61 Å². The fourth-order valence-electron chi connectivity index (χ4n) is 2.61. The summed E-state index contributed by atoms with van der Waals surface area (Å²) in [6.45, 7) is 7.21. The van der Waals surface area contributed by atoms with Gasteiger partial charge in [-0.15, -0.1) is 0 Å². The SMILES string of the molecule is CC[C@H](C)NC(=O)COC(=O)c1ccccc1C(=O)c1cc(C)ccc1C. The van der Waals surface area contributed by atoms with Crippen LogP contribution >= 0.6 is 0 Å². The van der Waals surface area contributed by atoms with E-state index in [1.165, 1.54) is 6.07 Å². The molecule has 0 fully saturated rings. The largest absolute Gasteiger partial charge is 0.452 e. The third-order valence-electron chi connectivity index (χ3n) is 4.38. The Balaban J connectivity index is 2.20. The summed E-state index contributed by atoms with van der Waals surface area (Å²) >= 11 is 0. The van der Waals surface area contributed by atoms with Crippen molar-refractivity contribution in [1.29, 1.82) is 0 Å². The number of benzene rings is 2. The quantitative estimate of drug-likeness (QED) is 0.599. The number of hydrogen-bond donors (Lipinski definition) is 1. The average molecular weight is 367 g/mol. The number of amides is 1. The van der Waals surface area contributed by atoms with E-state index in [9.17, 15) is 14.4 Å². The number of carbonyl (C=O) groups is 3. The number of ketones is 1. The van der Waals surface area contributed by atoms with Crippen LogP contribution in [0.5, 0.6) is 0 Å². The van der Waals surface area contributed by atoms with Crippen molar-refractivity contribution in [2.45, 2.75) is 40.2 Å². The van der Waals surface area contributed by atoms with Crippen molar-refractivity contribution in [1.82, 2.24) is 5.32 Å². The predicted octanol–water partition coefficient (Wildman–Crippen LogP) is 3.61. The van der Waals surface area contributed by atoms with E-state index >= 15 is 0 Å². The molecule has 0 aliphatic carbocycles. The van der Waals surface area contributed by atoms with Crippen LogP contribution in [0, 0.1) is 13.8 Å². The highest BCUT2D eigenvalue weighted by Gasteiger charge is 2.21. The van der Waals surface area contributed by atoms with Gasteiger partial charge in [0.25, 0.3) is 5.91 Å². The van der Waals surface area contributed by atoms with Crippen molar-refractivity contribution in [3.8, 4) is 0 Å². The third-order valence-corrected chi connectivity index (χ3v) is 4.38. The molecule has 0 aliphatic heterocycles. The van der Waals surface area contributed by atoms with Crippen LogP contribution in [0.3, 0.4) is 0 Å². The van der Waals surface area contributed by atoms with E-state index in [1.54, 1.807) is 24.3 Å². The van der Waals surface area contributed by atoms with Crippen LogP contribution < -0.4 is 5.32 Å². The molecule has 1 N–H and O–H groups in total. The Bertz CT molecular complexity index is 857. The Labute approximate surface area is 159 Å². The molecule has 0 saturated carbocycles. The van der Waals surface area contributed by atoms with E-state index in [0.29, 0.717) is 5.56 Å². The minimum atomic E-state index is -0.691. The van der Waals surface area contributed by atoms with Crippen LogP contribution in [0.2, 0.25) is 0 Å². The minimum absolute atomic E-state index is 0.00867. The summed E-state index contributed by atoms with van der Waals surface area (Å²) in [7, 11) is 0. The molecule has 5 heteroatoms. The molecular weight excluding hydrogens is 342 g/mol. The number of ether oxygens (including phenoxy) is 1. The molecule has 5 nitrogen and oxygen atoms in total. The maximum atomic E-state index is 13.0. The monoisotopic (exact) mass is 367 g/mol. The molecule has 2 aromatic rings. The highest BCUT2D eigenvalue weighted by molar-refractivity contribution is 6.15.